The van der Waals surface area contributed by atoms with Crippen LogP contribution in [-0.4, -0.2) is 37.2 Å². The van der Waals surface area contributed by atoms with E-state index in [9.17, 15) is 9.59 Å². The fraction of sp³-hybridized carbons (Fsp3) is 0.412. The predicted octanol–water partition coefficient (Wildman–Crippen LogP) is 2.33. The molecule has 1 amide bonds. The fourth-order valence-corrected chi connectivity index (χ4v) is 2.03. The van der Waals surface area contributed by atoms with Crippen LogP contribution in [0, 0.1) is 5.92 Å². The van der Waals surface area contributed by atoms with Gasteiger partial charge >= 0.3 is 5.97 Å². The van der Waals surface area contributed by atoms with Gasteiger partial charge in [-0.3, -0.25) is 4.79 Å². The molecule has 0 aromatic heterocycles. The van der Waals surface area contributed by atoms with Crippen molar-refractivity contribution < 1.29 is 24.2 Å². The second-order valence-corrected chi connectivity index (χ2v) is 5.47. The summed E-state index contributed by atoms with van der Waals surface area (Å²) < 4.78 is 10.3. The lowest BCUT2D eigenvalue weighted by atomic mass is 10.0. The molecule has 23 heavy (non-hydrogen) atoms. The minimum Gasteiger partial charge on any atom is -0.497 e. The molecule has 6 heteroatoms. The number of carbonyl (C=O) groups excluding carboxylic acids is 1. The van der Waals surface area contributed by atoms with E-state index >= 15 is 0 Å². The van der Waals surface area contributed by atoms with Crippen molar-refractivity contribution in [3.63, 3.8) is 0 Å². The van der Waals surface area contributed by atoms with Crippen LogP contribution in [-0.2, 0) is 9.59 Å². The third-order valence-corrected chi connectivity index (χ3v) is 3.18. The van der Waals surface area contributed by atoms with Crippen LogP contribution in [0.5, 0.6) is 11.5 Å². The van der Waals surface area contributed by atoms with E-state index in [-0.39, 0.29) is 5.92 Å². The Morgan fingerprint density at radius 1 is 1.26 bits per heavy atom. The van der Waals surface area contributed by atoms with Crippen LogP contribution in [0.2, 0.25) is 0 Å². The van der Waals surface area contributed by atoms with Crippen LogP contribution < -0.4 is 14.8 Å². The highest BCUT2D eigenvalue weighted by molar-refractivity contribution is 5.94. The Labute approximate surface area is 136 Å². The molecule has 0 fully saturated rings. The van der Waals surface area contributed by atoms with Gasteiger partial charge in [0.2, 0.25) is 5.91 Å². The first-order valence-corrected chi connectivity index (χ1v) is 7.30. The van der Waals surface area contributed by atoms with Crippen molar-refractivity contribution in [2.24, 2.45) is 5.92 Å². The van der Waals surface area contributed by atoms with E-state index in [2.05, 4.69) is 5.32 Å². The molecule has 0 saturated heterocycles. The van der Waals surface area contributed by atoms with Crippen LogP contribution in [0.1, 0.15) is 25.8 Å². The van der Waals surface area contributed by atoms with Gasteiger partial charge in [0.1, 0.15) is 17.5 Å². The average molecular weight is 321 g/mol. The number of methoxy groups -OCH3 is 2. The molecule has 0 aliphatic heterocycles. The number of aliphatic carboxylic acids is 1. The number of carboxylic acids is 1. The summed E-state index contributed by atoms with van der Waals surface area (Å²) >= 11 is 0. The molecule has 0 spiro atoms. The van der Waals surface area contributed by atoms with E-state index in [0.29, 0.717) is 23.5 Å². The maximum Gasteiger partial charge on any atom is 0.326 e. The number of benzene rings is 1. The van der Waals surface area contributed by atoms with E-state index in [4.69, 9.17) is 14.6 Å². The SMILES string of the molecule is COc1ccc(/C=C/C(=O)NC(CC(C)C)C(=O)O)c(OC)c1. The van der Waals surface area contributed by atoms with Crippen LogP contribution in [0.3, 0.4) is 0 Å². The molecule has 1 aromatic rings. The summed E-state index contributed by atoms with van der Waals surface area (Å²) in [6, 6.07) is 4.31. The molecular weight excluding hydrogens is 298 g/mol. The molecular formula is C17H23NO5. The standard InChI is InChI=1S/C17H23NO5/c1-11(2)9-14(17(20)21)18-16(19)8-6-12-5-7-13(22-3)10-15(12)23-4/h5-8,10-11,14H,9H2,1-4H3,(H,18,19)(H,20,21)/b8-6+. The molecule has 1 aromatic carbocycles. The van der Waals surface area contributed by atoms with Crippen molar-refractivity contribution in [3.05, 3.63) is 29.8 Å². The molecule has 1 atom stereocenters. The maximum atomic E-state index is 11.9. The topological polar surface area (TPSA) is 84.9 Å². The Morgan fingerprint density at radius 2 is 1.96 bits per heavy atom. The minimum absolute atomic E-state index is 0.169. The van der Waals surface area contributed by atoms with Crippen molar-refractivity contribution in [1.82, 2.24) is 5.32 Å². The molecule has 0 aliphatic rings. The van der Waals surface area contributed by atoms with E-state index < -0.39 is 17.9 Å². The molecule has 0 saturated carbocycles. The molecule has 0 radical (unpaired) electrons. The van der Waals surface area contributed by atoms with Crippen molar-refractivity contribution >= 4 is 18.0 Å². The van der Waals surface area contributed by atoms with Crippen molar-refractivity contribution in [3.8, 4) is 11.5 Å². The predicted molar refractivity (Wildman–Crippen MR) is 87.6 cm³/mol. The van der Waals surface area contributed by atoms with Gasteiger partial charge in [0.25, 0.3) is 0 Å². The molecule has 0 bridgehead atoms. The number of hydrogen-bond donors (Lipinski definition) is 2. The van der Waals surface area contributed by atoms with Crippen LogP contribution in [0.15, 0.2) is 24.3 Å². The lowest BCUT2D eigenvalue weighted by Gasteiger charge is -2.15. The van der Waals surface area contributed by atoms with E-state index in [0.717, 1.165) is 0 Å². The van der Waals surface area contributed by atoms with Crippen LogP contribution in [0.4, 0.5) is 0 Å². The summed E-state index contributed by atoms with van der Waals surface area (Å²) in [5, 5.41) is 11.6. The zero-order chi connectivity index (χ0) is 17.4. The number of amides is 1. The molecule has 1 unspecified atom stereocenters. The molecule has 0 aliphatic carbocycles. The smallest absolute Gasteiger partial charge is 0.326 e. The normalized spacial score (nSPS) is 12.2. The van der Waals surface area contributed by atoms with E-state index in [1.807, 2.05) is 13.8 Å². The third kappa shape index (κ3) is 6.02. The lowest BCUT2D eigenvalue weighted by molar-refractivity contribution is -0.141. The summed E-state index contributed by atoms with van der Waals surface area (Å²) in [6.45, 7) is 3.81. The minimum atomic E-state index is -1.04. The second-order valence-electron chi connectivity index (χ2n) is 5.47. The van der Waals surface area contributed by atoms with Crippen molar-refractivity contribution in [2.45, 2.75) is 26.3 Å². The van der Waals surface area contributed by atoms with Crippen LogP contribution in [0.25, 0.3) is 6.08 Å². The number of hydrogen-bond acceptors (Lipinski definition) is 4. The number of carboxylic acid groups (broad SMARTS) is 1. The quantitative estimate of drug-likeness (QED) is 0.718. The Balaban J connectivity index is 2.80. The van der Waals surface area contributed by atoms with Gasteiger partial charge in [-0.25, -0.2) is 4.79 Å². The second kappa shape index (κ2) is 8.82. The largest absolute Gasteiger partial charge is 0.497 e. The van der Waals surface area contributed by atoms with Crippen molar-refractivity contribution in [2.75, 3.05) is 14.2 Å². The highest BCUT2D eigenvalue weighted by Crippen LogP contribution is 2.25. The molecule has 1 rings (SSSR count). The van der Waals surface area contributed by atoms with Gasteiger partial charge in [-0.1, -0.05) is 13.8 Å². The lowest BCUT2D eigenvalue weighted by Crippen LogP contribution is -2.40. The Bertz CT molecular complexity index is 580. The maximum absolute atomic E-state index is 11.9. The first-order chi connectivity index (χ1) is 10.9. The van der Waals surface area contributed by atoms with Crippen LogP contribution >= 0.6 is 0 Å². The van der Waals surface area contributed by atoms with Crippen molar-refractivity contribution in [1.29, 1.82) is 0 Å². The zero-order valence-corrected chi connectivity index (χ0v) is 13.8. The van der Waals surface area contributed by atoms with Gasteiger partial charge in [-0.2, -0.15) is 0 Å². The molecule has 0 heterocycles. The van der Waals surface area contributed by atoms with Gasteiger partial charge in [0.05, 0.1) is 14.2 Å². The number of ether oxygens (including phenoxy) is 2. The third-order valence-electron chi connectivity index (χ3n) is 3.18. The zero-order valence-electron chi connectivity index (χ0n) is 13.8. The highest BCUT2D eigenvalue weighted by atomic mass is 16.5. The van der Waals surface area contributed by atoms with Gasteiger partial charge in [-0.05, 0) is 30.5 Å². The van der Waals surface area contributed by atoms with E-state index in [1.54, 1.807) is 31.4 Å². The summed E-state index contributed by atoms with van der Waals surface area (Å²) in [5.41, 5.74) is 0.694. The fourth-order valence-electron chi connectivity index (χ4n) is 2.03. The molecule has 2 N–H and O–H groups in total. The van der Waals surface area contributed by atoms with Gasteiger partial charge in [0, 0.05) is 17.7 Å². The summed E-state index contributed by atoms with van der Waals surface area (Å²) in [7, 11) is 3.08. The van der Waals surface area contributed by atoms with E-state index in [1.165, 1.54) is 13.2 Å². The number of nitrogens with one attached hydrogen (secondary N) is 1. The Kier molecular flexibility index (Phi) is 7.12. The Morgan fingerprint density at radius 3 is 2.48 bits per heavy atom. The van der Waals surface area contributed by atoms with Gasteiger partial charge in [-0.15, -0.1) is 0 Å². The number of carbonyl (C=O) groups is 2. The summed E-state index contributed by atoms with van der Waals surface area (Å²) in [4.78, 5) is 23.1. The average Bonchev–Trinajstić information content (AvgIpc) is 2.51. The highest BCUT2D eigenvalue weighted by Gasteiger charge is 2.19. The van der Waals surface area contributed by atoms with Gasteiger partial charge < -0.3 is 19.9 Å². The molecule has 126 valence electrons. The first-order valence-electron chi connectivity index (χ1n) is 7.30. The summed E-state index contributed by atoms with van der Waals surface area (Å²) in [5.74, 6) is -0.128. The monoisotopic (exact) mass is 321 g/mol. The Hall–Kier alpha value is -2.50. The van der Waals surface area contributed by atoms with Gasteiger partial charge in [0.15, 0.2) is 0 Å². The molecule has 6 nitrogen and oxygen atoms in total. The number of rotatable bonds is 8. The summed E-state index contributed by atoms with van der Waals surface area (Å²) in [6.07, 6.45) is 3.24. The first kappa shape index (κ1) is 18.5.